The summed E-state index contributed by atoms with van der Waals surface area (Å²) in [7, 11) is 3.28. The summed E-state index contributed by atoms with van der Waals surface area (Å²) in [5.74, 6) is 2.89. The van der Waals surface area contributed by atoms with Crippen LogP contribution in [-0.2, 0) is 13.0 Å². The monoisotopic (exact) mass is 422 g/mol. The lowest BCUT2D eigenvalue weighted by Gasteiger charge is -2.12. The highest BCUT2D eigenvalue weighted by Gasteiger charge is 2.08. The van der Waals surface area contributed by atoms with Crippen molar-refractivity contribution in [3.05, 3.63) is 65.5 Å². The maximum atomic E-state index is 5.64. The van der Waals surface area contributed by atoms with E-state index in [1.165, 1.54) is 5.56 Å². The molecule has 0 aliphatic carbocycles. The predicted molar refractivity (Wildman–Crippen MR) is 123 cm³/mol. The van der Waals surface area contributed by atoms with Gasteiger partial charge in [-0.05, 0) is 38.1 Å². The first-order chi connectivity index (χ1) is 15.1. The van der Waals surface area contributed by atoms with Crippen molar-refractivity contribution in [1.29, 1.82) is 0 Å². The Morgan fingerprint density at radius 3 is 2.58 bits per heavy atom. The van der Waals surface area contributed by atoms with Crippen molar-refractivity contribution in [3.63, 3.8) is 0 Å². The molecular weight excluding hydrogens is 392 g/mol. The van der Waals surface area contributed by atoms with Crippen LogP contribution in [0, 0.1) is 6.92 Å². The van der Waals surface area contributed by atoms with Gasteiger partial charge in [0.15, 0.2) is 5.96 Å². The number of aryl methyl sites for hydroxylation is 1. The number of ether oxygens (including phenoxy) is 2. The van der Waals surface area contributed by atoms with Gasteiger partial charge in [0.05, 0.1) is 26.5 Å². The number of benzene rings is 2. The summed E-state index contributed by atoms with van der Waals surface area (Å²) in [6.45, 7) is 6.05. The van der Waals surface area contributed by atoms with E-state index in [9.17, 15) is 0 Å². The number of nitrogens with one attached hydrogen (secondary N) is 2. The Hall–Kier alpha value is -3.48. The highest BCUT2D eigenvalue weighted by atomic mass is 16.5. The van der Waals surface area contributed by atoms with Gasteiger partial charge in [-0.25, -0.2) is 9.98 Å². The molecule has 7 heteroatoms. The summed E-state index contributed by atoms with van der Waals surface area (Å²) >= 11 is 0. The average molecular weight is 423 g/mol. The Balaban J connectivity index is 1.58. The molecule has 0 fully saturated rings. The Morgan fingerprint density at radius 1 is 1.06 bits per heavy atom. The minimum absolute atomic E-state index is 0.490. The fourth-order valence-electron chi connectivity index (χ4n) is 3.05. The number of nitrogens with zero attached hydrogens (tertiary/aromatic N) is 2. The number of methoxy groups -OCH3 is 2. The lowest BCUT2D eigenvalue weighted by atomic mass is 10.1. The summed E-state index contributed by atoms with van der Waals surface area (Å²) < 4.78 is 16.3. The second kappa shape index (κ2) is 11.1. The zero-order valence-corrected chi connectivity index (χ0v) is 18.6. The molecule has 2 N–H and O–H groups in total. The van der Waals surface area contributed by atoms with Crippen LogP contribution in [0.2, 0.25) is 0 Å². The molecule has 1 heterocycles. The molecule has 0 amide bonds. The molecule has 0 atom stereocenters. The first-order valence-electron chi connectivity index (χ1n) is 10.4. The number of hydrogen-bond acceptors (Lipinski definition) is 5. The van der Waals surface area contributed by atoms with Gasteiger partial charge in [-0.15, -0.1) is 0 Å². The zero-order valence-electron chi connectivity index (χ0n) is 18.6. The van der Waals surface area contributed by atoms with Crippen molar-refractivity contribution < 1.29 is 13.9 Å². The number of rotatable bonds is 9. The predicted octanol–water partition coefficient (Wildman–Crippen LogP) is 3.97. The first kappa shape index (κ1) is 22.2. The van der Waals surface area contributed by atoms with Crippen molar-refractivity contribution in [3.8, 4) is 23.0 Å². The van der Waals surface area contributed by atoms with E-state index in [0.29, 0.717) is 19.0 Å². The fourth-order valence-corrected chi connectivity index (χ4v) is 3.05. The molecule has 0 unspecified atom stereocenters. The molecule has 164 valence electrons. The van der Waals surface area contributed by atoms with Crippen LogP contribution in [0.3, 0.4) is 0 Å². The van der Waals surface area contributed by atoms with Crippen LogP contribution in [0.1, 0.15) is 23.7 Å². The van der Waals surface area contributed by atoms with E-state index >= 15 is 0 Å². The average Bonchev–Trinajstić information content (AvgIpc) is 3.26. The van der Waals surface area contributed by atoms with Gasteiger partial charge >= 0.3 is 0 Å². The second-order valence-corrected chi connectivity index (χ2v) is 7.06. The van der Waals surface area contributed by atoms with E-state index in [2.05, 4.69) is 39.7 Å². The third kappa shape index (κ3) is 6.25. The maximum absolute atomic E-state index is 5.64. The fraction of sp³-hybridized carbons (Fsp3) is 0.333. The van der Waals surface area contributed by atoms with Crippen LogP contribution >= 0.6 is 0 Å². The molecule has 0 saturated carbocycles. The minimum atomic E-state index is 0.490. The third-order valence-corrected chi connectivity index (χ3v) is 4.77. The van der Waals surface area contributed by atoms with Crippen molar-refractivity contribution in [2.24, 2.45) is 4.99 Å². The molecule has 0 saturated heterocycles. The zero-order chi connectivity index (χ0) is 22.1. The summed E-state index contributed by atoms with van der Waals surface area (Å²) in [6, 6.07) is 13.9. The van der Waals surface area contributed by atoms with E-state index in [4.69, 9.17) is 13.9 Å². The maximum Gasteiger partial charge on any atom is 0.226 e. The number of hydrogen-bond donors (Lipinski definition) is 2. The molecule has 3 rings (SSSR count). The number of guanidine groups is 1. The van der Waals surface area contributed by atoms with Gasteiger partial charge in [0.1, 0.15) is 17.8 Å². The van der Waals surface area contributed by atoms with Crippen LogP contribution in [-0.4, -0.2) is 38.3 Å². The van der Waals surface area contributed by atoms with Gasteiger partial charge in [0, 0.05) is 36.7 Å². The normalized spacial score (nSPS) is 11.3. The SMILES string of the molecule is CCNC(=NCc1ccc(OC)cc1OC)NCCc1coc(-c2ccc(C)cc2)n1. The van der Waals surface area contributed by atoms with E-state index < -0.39 is 0 Å². The molecule has 0 aliphatic heterocycles. The summed E-state index contributed by atoms with van der Waals surface area (Å²) in [5.41, 5.74) is 4.07. The van der Waals surface area contributed by atoms with Crippen LogP contribution in [0.4, 0.5) is 0 Å². The third-order valence-electron chi connectivity index (χ3n) is 4.77. The largest absolute Gasteiger partial charge is 0.497 e. The molecule has 0 bridgehead atoms. The quantitative estimate of drug-likeness (QED) is 0.401. The number of oxazole rings is 1. The number of aromatic nitrogens is 1. The van der Waals surface area contributed by atoms with E-state index in [-0.39, 0.29) is 0 Å². The van der Waals surface area contributed by atoms with Gasteiger partial charge in [0.25, 0.3) is 0 Å². The van der Waals surface area contributed by atoms with Gasteiger partial charge in [0.2, 0.25) is 5.89 Å². The first-order valence-corrected chi connectivity index (χ1v) is 10.4. The molecule has 3 aromatic rings. The standard InChI is InChI=1S/C24H30N4O3/c1-5-25-24(27-15-19-10-11-21(29-3)14-22(19)30-4)26-13-12-20-16-31-23(28-20)18-8-6-17(2)7-9-18/h6-11,14,16H,5,12-13,15H2,1-4H3,(H2,25,26,27). The molecular formula is C24H30N4O3. The Bertz CT molecular complexity index is 996. The topological polar surface area (TPSA) is 80.9 Å². The number of aliphatic imine (C=N–C) groups is 1. The molecule has 1 aromatic heterocycles. The summed E-state index contributed by atoms with van der Waals surface area (Å²) in [6.07, 6.45) is 2.44. The molecule has 0 aliphatic rings. The van der Waals surface area contributed by atoms with E-state index in [1.807, 2.05) is 37.3 Å². The van der Waals surface area contributed by atoms with Gasteiger partial charge < -0.3 is 24.5 Å². The molecule has 0 radical (unpaired) electrons. The molecule has 7 nitrogen and oxygen atoms in total. The molecule has 2 aromatic carbocycles. The van der Waals surface area contributed by atoms with Crippen molar-refractivity contribution in [2.45, 2.75) is 26.8 Å². The Morgan fingerprint density at radius 2 is 1.87 bits per heavy atom. The summed E-state index contributed by atoms with van der Waals surface area (Å²) in [4.78, 5) is 9.26. The van der Waals surface area contributed by atoms with Crippen LogP contribution < -0.4 is 20.1 Å². The van der Waals surface area contributed by atoms with Crippen molar-refractivity contribution >= 4 is 5.96 Å². The van der Waals surface area contributed by atoms with Crippen molar-refractivity contribution in [1.82, 2.24) is 15.6 Å². The van der Waals surface area contributed by atoms with Crippen LogP contribution in [0.25, 0.3) is 11.5 Å². The molecule has 31 heavy (non-hydrogen) atoms. The Kier molecular flexibility index (Phi) is 7.92. The Labute approximate surface area is 183 Å². The highest BCUT2D eigenvalue weighted by Crippen LogP contribution is 2.25. The lowest BCUT2D eigenvalue weighted by molar-refractivity contribution is 0.391. The van der Waals surface area contributed by atoms with Gasteiger partial charge in [-0.3, -0.25) is 0 Å². The van der Waals surface area contributed by atoms with Gasteiger partial charge in [-0.1, -0.05) is 17.7 Å². The lowest BCUT2D eigenvalue weighted by Crippen LogP contribution is -2.38. The smallest absolute Gasteiger partial charge is 0.226 e. The van der Waals surface area contributed by atoms with Crippen molar-refractivity contribution in [2.75, 3.05) is 27.3 Å². The highest BCUT2D eigenvalue weighted by molar-refractivity contribution is 5.79. The van der Waals surface area contributed by atoms with Gasteiger partial charge in [-0.2, -0.15) is 0 Å². The summed E-state index contributed by atoms with van der Waals surface area (Å²) in [5, 5.41) is 6.61. The van der Waals surface area contributed by atoms with Crippen LogP contribution in [0.5, 0.6) is 11.5 Å². The molecule has 0 spiro atoms. The second-order valence-electron chi connectivity index (χ2n) is 7.06. The van der Waals surface area contributed by atoms with E-state index in [1.54, 1.807) is 20.5 Å². The van der Waals surface area contributed by atoms with E-state index in [0.717, 1.165) is 47.2 Å². The van der Waals surface area contributed by atoms with Crippen LogP contribution in [0.15, 0.2) is 58.1 Å². The minimum Gasteiger partial charge on any atom is -0.497 e.